The lowest BCUT2D eigenvalue weighted by Crippen LogP contribution is -2.19. The number of H-pyrrole nitrogens is 1. The van der Waals surface area contributed by atoms with Gasteiger partial charge in [0.2, 0.25) is 5.88 Å². The highest BCUT2D eigenvalue weighted by molar-refractivity contribution is 6.01. The fourth-order valence-electron chi connectivity index (χ4n) is 1.91. The zero-order valence-electron chi connectivity index (χ0n) is 11.5. The molecule has 0 aliphatic carbocycles. The molecule has 0 amide bonds. The van der Waals surface area contributed by atoms with Gasteiger partial charge in [0.05, 0.1) is 17.7 Å². The molecule has 6 nitrogen and oxygen atoms in total. The van der Waals surface area contributed by atoms with Crippen molar-refractivity contribution in [3.8, 4) is 5.88 Å². The Kier molecular flexibility index (Phi) is 3.94. The molecule has 0 fully saturated rings. The summed E-state index contributed by atoms with van der Waals surface area (Å²) in [5.41, 5.74) is 0.461. The van der Waals surface area contributed by atoms with Gasteiger partial charge in [0, 0.05) is 12.3 Å². The standard InChI is InChI=1S/C14H18N2O4/c1-14(2,19)6-3-7-20-11-5-4-10-12(16-11)9(8-15-10)13(17)18/h4-5,8,15,19H,3,6-7H2,1-2H3,(H,17,18). The lowest BCUT2D eigenvalue weighted by molar-refractivity contribution is 0.0638. The molecule has 6 heteroatoms. The first-order chi connectivity index (χ1) is 9.37. The number of nitrogens with zero attached hydrogens (tertiary/aromatic N) is 1. The Morgan fingerprint density at radius 3 is 2.85 bits per heavy atom. The van der Waals surface area contributed by atoms with Gasteiger partial charge >= 0.3 is 5.97 Å². The summed E-state index contributed by atoms with van der Waals surface area (Å²) < 4.78 is 5.48. The van der Waals surface area contributed by atoms with Gasteiger partial charge in [0.1, 0.15) is 11.1 Å². The van der Waals surface area contributed by atoms with Gasteiger partial charge in [-0.05, 0) is 32.8 Å². The van der Waals surface area contributed by atoms with Crippen LogP contribution in [-0.4, -0.2) is 38.4 Å². The number of hydrogen-bond donors (Lipinski definition) is 3. The molecule has 2 heterocycles. The number of aromatic amines is 1. The molecule has 0 unspecified atom stereocenters. The first-order valence-corrected chi connectivity index (χ1v) is 6.43. The van der Waals surface area contributed by atoms with Gasteiger partial charge in [-0.2, -0.15) is 0 Å². The van der Waals surface area contributed by atoms with Crippen molar-refractivity contribution >= 4 is 17.0 Å². The van der Waals surface area contributed by atoms with Crippen LogP contribution < -0.4 is 4.74 Å². The molecule has 0 aliphatic heterocycles. The summed E-state index contributed by atoms with van der Waals surface area (Å²) in [7, 11) is 0. The van der Waals surface area contributed by atoms with Gasteiger partial charge in [-0.25, -0.2) is 9.78 Å². The maximum absolute atomic E-state index is 11.0. The van der Waals surface area contributed by atoms with Gasteiger partial charge in [-0.3, -0.25) is 0 Å². The molecule has 0 atom stereocenters. The van der Waals surface area contributed by atoms with Crippen molar-refractivity contribution in [3.63, 3.8) is 0 Å². The molecular weight excluding hydrogens is 260 g/mol. The minimum Gasteiger partial charge on any atom is -0.478 e. The van der Waals surface area contributed by atoms with Crippen LogP contribution in [0.1, 0.15) is 37.0 Å². The number of aromatic carboxylic acids is 1. The molecule has 0 spiro atoms. The second kappa shape index (κ2) is 5.50. The van der Waals surface area contributed by atoms with Crippen LogP contribution in [0.4, 0.5) is 0 Å². The molecule has 0 saturated heterocycles. The molecule has 0 radical (unpaired) electrons. The summed E-state index contributed by atoms with van der Waals surface area (Å²) in [6.07, 6.45) is 2.74. The smallest absolute Gasteiger partial charge is 0.339 e. The molecule has 0 saturated carbocycles. The van der Waals surface area contributed by atoms with Crippen LogP contribution in [0.2, 0.25) is 0 Å². The summed E-state index contributed by atoms with van der Waals surface area (Å²) >= 11 is 0. The Bertz CT molecular complexity index is 613. The summed E-state index contributed by atoms with van der Waals surface area (Å²) in [6.45, 7) is 3.92. The number of rotatable bonds is 6. The van der Waals surface area contributed by atoms with E-state index < -0.39 is 11.6 Å². The van der Waals surface area contributed by atoms with Crippen LogP contribution in [0, 0.1) is 0 Å². The molecule has 20 heavy (non-hydrogen) atoms. The first kappa shape index (κ1) is 14.3. The van der Waals surface area contributed by atoms with Crippen molar-refractivity contribution in [1.29, 1.82) is 0 Å². The SMILES string of the molecule is CC(C)(O)CCCOc1ccc2[nH]cc(C(=O)O)c2n1. The van der Waals surface area contributed by atoms with Crippen LogP contribution in [0.25, 0.3) is 11.0 Å². The Morgan fingerprint density at radius 2 is 2.20 bits per heavy atom. The van der Waals surface area contributed by atoms with Crippen LogP contribution in [0.3, 0.4) is 0 Å². The minimum atomic E-state index is -1.03. The second-order valence-corrected chi connectivity index (χ2v) is 5.32. The Labute approximate surface area is 116 Å². The number of aromatic nitrogens is 2. The van der Waals surface area contributed by atoms with E-state index in [2.05, 4.69) is 9.97 Å². The average molecular weight is 278 g/mol. The number of carbonyl (C=O) groups is 1. The van der Waals surface area contributed by atoms with E-state index in [-0.39, 0.29) is 5.56 Å². The monoisotopic (exact) mass is 278 g/mol. The summed E-state index contributed by atoms with van der Waals surface area (Å²) in [5.74, 6) is -0.640. The van der Waals surface area contributed by atoms with Crippen LogP contribution in [0.5, 0.6) is 5.88 Å². The molecule has 0 aromatic carbocycles. The number of fused-ring (bicyclic) bond motifs is 1. The zero-order valence-corrected chi connectivity index (χ0v) is 11.5. The minimum absolute atomic E-state index is 0.127. The number of aliphatic hydroxyl groups is 1. The lowest BCUT2D eigenvalue weighted by atomic mass is 10.0. The van der Waals surface area contributed by atoms with Crippen molar-refractivity contribution in [3.05, 3.63) is 23.9 Å². The molecule has 2 rings (SSSR count). The largest absolute Gasteiger partial charge is 0.478 e. The van der Waals surface area contributed by atoms with Crippen LogP contribution in [-0.2, 0) is 0 Å². The van der Waals surface area contributed by atoms with Crippen molar-refractivity contribution in [2.45, 2.75) is 32.3 Å². The highest BCUT2D eigenvalue weighted by atomic mass is 16.5. The van der Waals surface area contributed by atoms with Gasteiger partial charge < -0.3 is 19.9 Å². The van der Waals surface area contributed by atoms with E-state index in [0.29, 0.717) is 36.4 Å². The zero-order chi connectivity index (χ0) is 14.8. The van der Waals surface area contributed by atoms with Gasteiger partial charge in [0.15, 0.2) is 0 Å². The van der Waals surface area contributed by atoms with E-state index in [1.807, 2.05) is 0 Å². The van der Waals surface area contributed by atoms with E-state index in [4.69, 9.17) is 9.84 Å². The molecule has 2 aromatic rings. The third-order valence-electron chi connectivity index (χ3n) is 2.91. The molecule has 0 aliphatic rings. The quantitative estimate of drug-likeness (QED) is 0.704. The topological polar surface area (TPSA) is 95.4 Å². The maximum Gasteiger partial charge on any atom is 0.339 e. The molecule has 2 aromatic heterocycles. The van der Waals surface area contributed by atoms with Gasteiger partial charge in [0.25, 0.3) is 0 Å². The average Bonchev–Trinajstić information content (AvgIpc) is 2.76. The van der Waals surface area contributed by atoms with Crippen LogP contribution >= 0.6 is 0 Å². The van der Waals surface area contributed by atoms with Gasteiger partial charge in [-0.15, -0.1) is 0 Å². The van der Waals surface area contributed by atoms with E-state index in [9.17, 15) is 9.90 Å². The van der Waals surface area contributed by atoms with E-state index in [1.54, 1.807) is 26.0 Å². The lowest BCUT2D eigenvalue weighted by Gasteiger charge is -2.16. The highest BCUT2D eigenvalue weighted by Crippen LogP contribution is 2.20. The molecule has 3 N–H and O–H groups in total. The predicted octanol–water partition coefficient (Wildman–Crippen LogP) is 2.19. The maximum atomic E-state index is 11.0. The Morgan fingerprint density at radius 1 is 1.45 bits per heavy atom. The fourth-order valence-corrected chi connectivity index (χ4v) is 1.91. The van der Waals surface area contributed by atoms with Crippen molar-refractivity contribution in [2.75, 3.05) is 6.61 Å². The van der Waals surface area contributed by atoms with Gasteiger partial charge in [-0.1, -0.05) is 0 Å². The highest BCUT2D eigenvalue weighted by Gasteiger charge is 2.14. The molecular formula is C14H18N2O4. The van der Waals surface area contributed by atoms with Crippen molar-refractivity contribution in [1.82, 2.24) is 9.97 Å². The normalized spacial score (nSPS) is 11.8. The summed E-state index contributed by atoms with van der Waals surface area (Å²) in [5, 5.41) is 18.6. The number of ether oxygens (including phenoxy) is 1. The summed E-state index contributed by atoms with van der Waals surface area (Å²) in [4.78, 5) is 18.1. The Balaban J connectivity index is 2.04. The second-order valence-electron chi connectivity index (χ2n) is 5.32. The fraction of sp³-hybridized carbons (Fsp3) is 0.429. The third kappa shape index (κ3) is 3.48. The predicted molar refractivity (Wildman–Crippen MR) is 74.1 cm³/mol. The van der Waals surface area contributed by atoms with E-state index in [1.165, 1.54) is 6.20 Å². The van der Waals surface area contributed by atoms with Crippen molar-refractivity contribution in [2.24, 2.45) is 0 Å². The number of hydrogen-bond acceptors (Lipinski definition) is 4. The van der Waals surface area contributed by atoms with Crippen LogP contribution in [0.15, 0.2) is 18.3 Å². The van der Waals surface area contributed by atoms with E-state index >= 15 is 0 Å². The number of carboxylic acid groups (broad SMARTS) is 1. The Hall–Kier alpha value is -2.08. The molecule has 0 bridgehead atoms. The molecule has 108 valence electrons. The van der Waals surface area contributed by atoms with E-state index in [0.717, 1.165) is 0 Å². The number of carboxylic acids is 1. The first-order valence-electron chi connectivity index (χ1n) is 6.43. The number of nitrogens with one attached hydrogen (secondary N) is 1. The summed E-state index contributed by atoms with van der Waals surface area (Å²) in [6, 6.07) is 3.43. The number of pyridine rings is 1. The third-order valence-corrected chi connectivity index (χ3v) is 2.91. The van der Waals surface area contributed by atoms with Crippen molar-refractivity contribution < 1.29 is 19.7 Å².